The van der Waals surface area contributed by atoms with E-state index in [0.717, 1.165) is 12.8 Å². The van der Waals surface area contributed by atoms with Gasteiger partial charge < -0.3 is 4.74 Å². The SMILES string of the molecule is CCCC(OC(CCC)c1ccccc1[N+](=O)[O-])c1ccccc1[N+](=O)[O-]. The number of hydrogen-bond acceptors (Lipinski definition) is 5. The molecule has 0 N–H and O–H groups in total. The molecule has 0 saturated carbocycles. The fourth-order valence-corrected chi connectivity index (χ4v) is 3.17. The number of ether oxygens (including phenoxy) is 1. The van der Waals surface area contributed by atoms with E-state index in [1.54, 1.807) is 36.4 Å². The second-order valence-corrected chi connectivity index (χ2v) is 6.32. The molecule has 27 heavy (non-hydrogen) atoms. The Hall–Kier alpha value is -2.80. The minimum absolute atomic E-state index is 0.00811. The van der Waals surface area contributed by atoms with Crippen molar-refractivity contribution in [2.24, 2.45) is 0 Å². The van der Waals surface area contributed by atoms with E-state index >= 15 is 0 Å². The monoisotopic (exact) mass is 372 g/mol. The van der Waals surface area contributed by atoms with Crippen LogP contribution in [0.1, 0.15) is 62.9 Å². The van der Waals surface area contributed by atoms with E-state index < -0.39 is 22.1 Å². The lowest BCUT2D eigenvalue weighted by Gasteiger charge is -2.25. The van der Waals surface area contributed by atoms with Gasteiger partial charge in [-0.2, -0.15) is 0 Å². The molecule has 2 unspecified atom stereocenters. The fourth-order valence-electron chi connectivity index (χ4n) is 3.17. The van der Waals surface area contributed by atoms with Crippen LogP contribution in [0.5, 0.6) is 0 Å². The smallest absolute Gasteiger partial charge is 0.275 e. The Bertz CT molecular complexity index is 728. The summed E-state index contributed by atoms with van der Waals surface area (Å²) in [4.78, 5) is 22.0. The van der Waals surface area contributed by atoms with Gasteiger partial charge in [0, 0.05) is 12.1 Å². The average molecular weight is 372 g/mol. The van der Waals surface area contributed by atoms with E-state index in [4.69, 9.17) is 4.74 Å². The molecule has 0 spiro atoms. The third kappa shape index (κ3) is 5.10. The van der Waals surface area contributed by atoms with Crippen molar-refractivity contribution >= 4 is 11.4 Å². The predicted molar refractivity (Wildman–Crippen MR) is 103 cm³/mol. The van der Waals surface area contributed by atoms with Crippen molar-refractivity contribution in [2.75, 3.05) is 0 Å². The van der Waals surface area contributed by atoms with Crippen LogP contribution < -0.4 is 0 Å². The number of rotatable bonds is 10. The first kappa shape index (κ1) is 20.5. The highest BCUT2D eigenvalue weighted by atomic mass is 16.6. The second kappa shape index (κ2) is 9.78. The number of benzene rings is 2. The third-order valence-corrected chi connectivity index (χ3v) is 4.39. The molecule has 0 amide bonds. The van der Waals surface area contributed by atoms with Crippen LogP contribution in [0.3, 0.4) is 0 Å². The molecule has 7 heteroatoms. The lowest BCUT2D eigenvalue weighted by Crippen LogP contribution is -2.13. The first-order valence-electron chi connectivity index (χ1n) is 9.11. The number of para-hydroxylation sites is 2. The summed E-state index contributed by atoms with van der Waals surface area (Å²) in [5, 5.41) is 22.8. The van der Waals surface area contributed by atoms with E-state index in [2.05, 4.69) is 0 Å². The van der Waals surface area contributed by atoms with Gasteiger partial charge in [-0.15, -0.1) is 0 Å². The molecule has 0 saturated heterocycles. The molecular formula is C20H24N2O5. The van der Waals surface area contributed by atoms with Crippen LogP contribution in [-0.4, -0.2) is 9.85 Å². The molecule has 0 fully saturated rings. The fraction of sp³-hybridized carbons (Fsp3) is 0.400. The quantitative estimate of drug-likeness (QED) is 0.382. The third-order valence-electron chi connectivity index (χ3n) is 4.39. The lowest BCUT2D eigenvalue weighted by molar-refractivity contribution is -0.387. The summed E-state index contributed by atoms with van der Waals surface area (Å²) in [5.74, 6) is 0. The highest BCUT2D eigenvalue weighted by Gasteiger charge is 2.28. The summed E-state index contributed by atoms with van der Waals surface area (Å²) >= 11 is 0. The summed E-state index contributed by atoms with van der Waals surface area (Å²) in [5.41, 5.74) is 1.02. The molecule has 0 heterocycles. The van der Waals surface area contributed by atoms with Gasteiger partial charge in [-0.05, 0) is 25.0 Å². The minimum atomic E-state index is -0.507. The van der Waals surface area contributed by atoms with Crippen LogP contribution in [0, 0.1) is 20.2 Å². The molecule has 0 aromatic heterocycles. The Kier molecular flexibility index (Phi) is 7.43. The first-order valence-corrected chi connectivity index (χ1v) is 9.11. The highest BCUT2D eigenvalue weighted by molar-refractivity contribution is 5.43. The summed E-state index contributed by atoms with van der Waals surface area (Å²) in [6.07, 6.45) is 1.71. The van der Waals surface area contributed by atoms with Gasteiger partial charge in [0.2, 0.25) is 0 Å². The number of nitrogens with zero attached hydrogens (tertiary/aromatic N) is 2. The van der Waals surface area contributed by atoms with Crippen molar-refractivity contribution in [2.45, 2.75) is 51.7 Å². The van der Waals surface area contributed by atoms with Crippen LogP contribution in [0.25, 0.3) is 0 Å². The zero-order chi connectivity index (χ0) is 19.8. The van der Waals surface area contributed by atoms with Crippen LogP contribution in [0.2, 0.25) is 0 Å². The molecule has 7 nitrogen and oxygen atoms in total. The van der Waals surface area contributed by atoms with E-state index in [9.17, 15) is 20.2 Å². The van der Waals surface area contributed by atoms with Gasteiger partial charge >= 0.3 is 0 Å². The van der Waals surface area contributed by atoms with Crippen molar-refractivity contribution in [1.29, 1.82) is 0 Å². The second-order valence-electron chi connectivity index (χ2n) is 6.32. The van der Waals surface area contributed by atoms with Gasteiger partial charge in [0.05, 0.1) is 33.2 Å². The largest absolute Gasteiger partial charge is 0.365 e. The molecule has 2 rings (SSSR count). The summed E-state index contributed by atoms with van der Waals surface area (Å²) < 4.78 is 6.28. The van der Waals surface area contributed by atoms with Gasteiger partial charge in [-0.3, -0.25) is 20.2 Å². The topological polar surface area (TPSA) is 95.5 Å². The molecule has 144 valence electrons. The van der Waals surface area contributed by atoms with E-state index in [1.165, 1.54) is 12.1 Å². The maximum atomic E-state index is 11.4. The van der Waals surface area contributed by atoms with Crippen molar-refractivity contribution in [3.05, 3.63) is 79.9 Å². The summed E-state index contributed by atoms with van der Waals surface area (Å²) in [7, 11) is 0. The number of nitro groups is 2. The van der Waals surface area contributed by atoms with Crippen LogP contribution in [0.15, 0.2) is 48.5 Å². The maximum absolute atomic E-state index is 11.4. The molecule has 0 radical (unpaired) electrons. The van der Waals surface area contributed by atoms with Crippen molar-refractivity contribution in [3.8, 4) is 0 Å². The number of hydrogen-bond donors (Lipinski definition) is 0. The normalized spacial score (nSPS) is 13.1. The zero-order valence-electron chi connectivity index (χ0n) is 15.5. The maximum Gasteiger partial charge on any atom is 0.275 e. The molecule has 2 atom stereocenters. The lowest BCUT2D eigenvalue weighted by atomic mass is 9.99. The molecule has 0 bridgehead atoms. The van der Waals surface area contributed by atoms with Crippen molar-refractivity contribution in [3.63, 3.8) is 0 Å². The van der Waals surface area contributed by atoms with E-state index in [-0.39, 0.29) is 11.4 Å². The van der Waals surface area contributed by atoms with E-state index in [1.807, 2.05) is 13.8 Å². The minimum Gasteiger partial charge on any atom is -0.365 e. The van der Waals surface area contributed by atoms with Gasteiger partial charge in [0.1, 0.15) is 0 Å². The molecular weight excluding hydrogens is 348 g/mol. The molecule has 2 aromatic rings. The Morgan fingerprint density at radius 3 is 1.48 bits per heavy atom. The van der Waals surface area contributed by atoms with Gasteiger partial charge in [0.15, 0.2) is 0 Å². The summed E-state index contributed by atoms with van der Waals surface area (Å²) in [6, 6.07) is 13.0. The first-order chi connectivity index (χ1) is 13.0. The van der Waals surface area contributed by atoms with E-state index in [0.29, 0.717) is 24.0 Å². The highest BCUT2D eigenvalue weighted by Crippen LogP contribution is 2.38. The summed E-state index contributed by atoms with van der Waals surface area (Å²) in [6.45, 7) is 3.95. The van der Waals surface area contributed by atoms with Gasteiger partial charge in [-0.1, -0.05) is 51.0 Å². The van der Waals surface area contributed by atoms with Crippen LogP contribution >= 0.6 is 0 Å². The van der Waals surface area contributed by atoms with Crippen LogP contribution in [-0.2, 0) is 4.74 Å². The number of nitro benzene ring substituents is 2. The Morgan fingerprint density at radius 2 is 1.15 bits per heavy atom. The van der Waals surface area contributed by atoms with Gasteiger partial charge in [-0.25, -0.2) is 0 Å². The molecule has 0 aliphatic heterocycles. The zero-order valence-corrected chi connectivity index (χ0v) is 15.5. The standard InChI is InChI=1S/C20H24N2O5/c1-3-9-19(15-11-5-7-13-17(15)21(23)24)27-20(10-4-2)16-12-6-8-14-18(16)22(25)26/h5-8,11-14,19-20H,3-4,9-10H2,1-2H3. The van der Waals surface area contributed by atoms with Gasteiger partial charge in [0.25, 0.3) is 11.4 Å². The Balaban J connectivity index is 2.43. The average Bonchev–Trinajstić information content (AvgIpc) is 2.67. The molecule has 0 aliphatic rings. The van der Waals surface area contributed by atoms with Crippen molar-refractivity contribution < 1.29 is 14.6 Å². The molecule has 0 aliphatic carbocycles. The van der Waals surface area contributed by atoms with Crippen molar-refractivity contribution in [1.82, 2.24) is 0 Å². The predicted octanol–water partition coefficient (Wildman–Crippen LogP) is 5.90. The Morgan fingerprint density at radius 1 is 0.778 bits per heavy atom. The van der Waals surface area contributed by atoms with Crippen LogP contribution in [0.4, 0.5) is 11.4 Å². The Labute approximate surface area is 158 Å². The molecule has 2 aromatic carbocycles.